The number of aromatic amines is 1. The summed E-state index contributed by atoms with van der Waals surface area (Å²) in [5.41, 5.74) is 0.656. The molecule has 2 aromatic carbocycles. The van der Waals surface area contributed by atoms with Crippen molar-refractivity contribution < 1.29 is 14.1 Å². The number of H-pyrrole nitrogens is 1. The highest BCUT2D eigenvalue weighted by Gasteiger charge is 2.20. The van der Waals surface area contributed by atoms with E-state index < -0.39 is 10.7 Å². The molecule has 0 radical (unpaired) electrons. The number of methoxy groups -OCH3 is 1. The molecule has 3 aromatic rings. The third-order valence-electron chi connectivity index (χ3n) is 3.12. The number of fused-ring (bicyclic) bond motifs is 1. The van der Waals surface area contributed by atoms with Gasteiger partial charge in [-0.05, 0) is 18.2 Å². The van der Waals surface area contributed by atoms with Gasteiger partial charge in [0.15, 0.2) is 5.52 Å². The molecule has 7 heteroatoms. The van der Waals surface area contributed by atoms with Crippen molar-refractivity contribution in [1.29, 1.82) is 0 Å². The first-order valence-electron chi connectivity index (χ1n) is 6.08. The number of para-hydroxylation sites is 1. The summed E-state index contributed by atoms with van der Waals surface area (Å²) in [6, 6.07) is 8.93. The predicted octanol–water partition coefficient (Wildman–Crippen LogP) is 3.29. The zero-order valence-corrected chi connectivity index (χ0v) is 11.0. The summed E-state index contributed by atoms with van der Waals surface area (Å²) in [4.78, 5) is 17.5. The van der Waals surface area contributed by atoms with Gasteiger partial charge in [-0.25, -0.2) is 9.37 Å². The van der Waals surface area contributed by atoms with E-state index in [1.165, 1.54) is 25.3 Å². The van der Waals surface area contributed by atoms with Gasteiger partial charge >= 0.3 is 0 Å². The number of benzene rings is 2. The maximum absolute atomic E-state index is 14.0. The van der Waals surface area contributed by atoms with E-state index in [2.05, 4.69) is 9.97 Å². The van der Waals surface area contributed by atoms with Crippen molar-refractivity contribution in [2.75, 3.05) is 7.11 Å². The number of aromatic nitrogens is 2. The van der Waals surface area contributed by atoms with Crippen LogP contribution in [0, 0.1) is 15.9 Å². The molecule has 1 heterocycles. The van der Waals surface area contributed by atoms with Crippen molar-refractivity contribution in [2.24, 2.45) is 0 Å². The number of halogens is 1. The number of nitro groups is 1. The van der Waals surface area contributed by atoms with Gasteiger partial charge in [0.25, 0.3) is 5.69 Å². The van der Waals surface area contributed by atoms with E-state index in [1.807, 2.05) is 0 Å². The zero-order valence-electron chi connectivity index (χ0n) is 11.0. The predicted molar refractivity (Wildman–Crippen MR) is 74.7 cm³/mol. The molecular formula is C14H10FN3O3. The summed E-state index contributed by atoms with van der Waals surface area (Å²) in [7, 11) is 1.42. The van der Waals surface area contributed by atoms with Gasteiger partial charge in [0.2, 0.25) is 0 Å². The van der Waals surface area contributed by atoms with Crippen LogP contribution in [0.1, 0.15) is 0 Å². The van der Waals surface area contributed by atoms with Crippen LogP contribution in [0.3, 0.4) is 0 Å². The van der Waals surface area contributed by atoms with E-state index in [0.717, 1.165) is 0 Å². The number of imidazole rings is 1. The average molecular weight is 287 g/mol. The SMILES string of the molecule is COc1cccc(F)c1-c1nc2c([N+](=O)[O-])cccc2[nH]1. The molecule has 0 aliphatic rings. The molecule has 0 saturated heterocycles. The second-order valence-electron chi connectivity index (χ2n) is 4.33. The lowest BCUT2D eigenvalue weighted by Gasteiger charge is -2.06. The minimum Gasteiger partial charge on any atom is -0.496 e. The van der Waals surface area contributed by atoms with Crippen LogP contribution in [0.25, 0.3) is 22.4 Å². The van der Waals surface area contributed by atoms with Crippen molar-refractivity contribution in [3.8, 4) is 17.1 Å². The highest BCUT2D eigenvalue weighted by atomic mass is 19.1. The fourth-order valence-corrected chi connectivity index (χ4v) is 2.19. The highest BCUT2D eigenvalue weighted by molar-refractivity contribution is 5.87. The smallest absolute Gasteiger partial charge is 0.297 e. The Kier molecular flexibility index (Phi) is 3.02. The molecule has 0 aliphatic heterocycles. The van der Waals surface area contributed by atoms with Crippen LogP contribution in [0.2, 0.25) is 0 Å². The number of nitro benzene ring substituents is 1. The minimum atomic E-state index is -0.522. The quantitative estimate of drug-likeness (QED) is 0.592. The summed E-state index contributed by atoms with van der Waals surface area (Å²) in [5, 5.41) is 11.0. The molecule has 0 aliphatic carbocycles. The van der Waals surface area contributed by atoms with Crippen molar-refractivity contribution in [3.05, 3.63) is 52.3 Å². The van der Waals surface area contributed by atoms with Gasteiger partial charge in [-0.1, -0.05) is 12.1 Å². The Labute approximate surface area is 118 Å². The van der Waals surface area contributed by atoms with Gasteiger partial charge in [-0.3, -0.25) is 10.1 Å². The number of nitrogens with one attached hydrogen (secondary N) is 1. The maximum Gasteiger partial charge on any atom is 0.297 e. The molecule has 21 heavy (non-hydrogen) atoms. The molecule has 6 nitrogen and oxygen atoms in total. The molecule has 0 unspecified atom stereocenters. The number of rotatable bonds is 3. The molecule has 1 aromatic heterocycles. The van der Waals surface area contributed by atoms with Crippen LogP contribution in [0.4, 0.5) is 10.1 Å². The van der Waals surface area contributed by atoms with Crippen LogP contribution in [-0.4, -0.2) is 22.0 Å². The van der Waals surface area contributed by atoms with Crippen molar-refractivity contribution in [3.63, 3.8) is 0 Å². The Morgan fingerprint density at radius 1 is 1.29 bits per heavy atom. The van der Waals surface area contributed by atoms with Gasteiger partial charge in [0.05, 0.1) is 23.1 Å². The van der Waals surface area contributed by atoms with Gasteiger partial charge < -0.3 is 9.72 Å². The Morgan fingerprint density at radius 2 is 2.05 bits per heavy atom. The monoisotopic (exact) mass is 287 g/mol. The molecule has 0 atom stereocenters. The number of hydrogen-bond acceptors (Lipinski definition) is 4. The molecule has 0 fully saturated rings. The first-order valence-corrected chi connectivity index (χ1v) is 6.08. The van der Waals surface area contributed by atoms with Crippen LogP contribution >= 0.6 is 0 Å². The van der Waals surface area contributed by atoms with Gasteiger partial charge in [0, 0.05) is 6.07 Å². The number of hydrogen-bond donors (Lipinski definition) is 1. The molecule has 1 N–H and O–H groups in total. The fraction of sp³-hybridized carbons (Fsp3) is 0.0714. The fourth-order valence-electron chi connectivity index (χ4n) is 2.19. The van der Waals surface area contributed by atoms with Gasteiger partial charge in [0.1, 0.15) is 17.4 Å². The Bertz CT molecular complexity index is 845. The van der Waals surface area contributed by atoms with Crippen molar-refractivity contribution in [2.45, 2.75) is 0 Å². The van der Waals surface area contributed by atoms with Gasteiger partial charge in [-0.15, -0.1) is 0 Å². The van der Waals surface area contributed by atoms with Gasteiger partial charge in [-0.2, -0.15) is 0 Å². The number of non-ortho nitro benzene ring substituents is 1. The topological polar surface area (TPSA) is 81.1 Å². The van der Waals surface area contributed by atoms with E-state index in [4.69, 9.17) is 4.74 Å². The first kappa shape index (κ1) is 13.0. The van der Waals surface area contributed by atoms with E-state index in [1.54, 1.807) is 18.2 Å². The summed E-state index contributed by atoms with van der Waals surface area (Å²) < 4.78 is 19.2. The lowest BCUT2D eigenvalue weighted by atomic mass is 10.2. The third kappa shape index (κ3) is 2.08. The van der Waals surface area contributed by atoms with Crippen LogP contribution in [-0.2, 0) is 0 Å². The lowest BCUT2D eigenvalue weighted by Crippen LogP contribution is -1.93. The molecule has 106 valence electrons. The molecule has 0 saturated carbocycles. The molecule has 0 bridgehead atoms. The van der Waals surface area contributed by atoms with Crippen molar-refractivity contribution >= 4 is 16.7 Å². The summed E-state index contributed by atoms with van der Waals surface area (Å²) >= 11 is 0. The van der Waals surface area contributed by atoms with Crippen LogP contribution in [0.5, 0.6) is 5.75 Å². The second kappa shape index (κ2) is 4.86. The molecule has 0 amide bonds. The maximum atomic E-state index is 14.0. The zero-order chi connectivity index (χ0) is 15.0. The Hall–Kier alpha value is -2.96. The number of nitrogens with zero attached hydrogens (tertiary/aromatic N) is 2. The molecule has 3 rings (SSSR count). The summed E-state index contributed by atoms with van der Waals surface area (Å²) in [6.07, 6.45) is 0. The summed E-state index contributed by atoms with van der Waals surface area (Å²) in [5.74, 6) is -0.0259. The van der Waals surface area contributed by atoms with Crippen LogP contribution < -0.4 is 4.74 Å². The van der Waals surface area contributed by atoms with E-state index in [-0.39, 0.29) is 22.6 Å². The standard InChI is InChI=1S/C14H10FN3O3/c1-21-11-7-2-4-8(15)12(11)14-16-9-5-3-6-10(18(19)20)13(9)17-14/h2-7H,1H3,(H,16,17). The lowest BCUT2D eigenvalue weighted by molar-refractivity contribution is -0.383. The number of ether oxygens (including phenoxy) is 1. The normalized spacial score (nSPS) is 10.8. The average Bonchev–Trinajstić information content (AvgIpc) is 2.89. The first-order chi connectivity index (χ1) is 10.1. The Balaban J connectivity index is 2.28. The van der Waals surface area contributed by atoms with E-state index >= 15 is 0 Å². The third-order valence-corrected chi connectivity index (χ3v) is 3.12. The van der Waals surface area contributed by atoms with Crippen LogP contribution in [0.15, 0.2) is 36.4 Å². The van der Waals surface area contributed by atoms with Crippen molar-refractivity contribution in [1.82, 2.24) is 9.97 Å². The highest BCUT2D eigenvalue weighted by Crippen LogP contribution is 2.33. The largest absolute Gasteiger partial charge is 0.496 e. The molecule has 0 spiro atoms. The van der Waals surface area contributed by atoms with E-state index in [9.17, 15) is 14.5 Å². The summed E-state index contributed by atoms with van der Waals surface area (Å²) in [6.45, 7) is 0. The van der Waals surface area contributed by atoms with E-state index in [0.29, 0.717) is 11.3 Å². The minimum absolute atomic E-state index is 0.134. The molecular weight excluding hydrogens is 277 g/mol. The second-order valence-corrected chi connectivity index (χ2v) is 4.33. The Morgan fingerprint density at radius 3 is 2.76 bits per heavy atom.